The molecule has 0 radical (unpaired) electrons. The minimum atomic E-state index is -0.523. The standard InChI is InChI=1S/C21H25N3O3/c1-14-5-7-17(11-15(14)2)27-13-20(25)23-18-12-16(21(22)26)6-8-19(18)24-9-3-4-10-24/h5-8,11-12H,3-4,9-10,13H2,1-2H3,(H2,22,26)(H,23,25). The number of rotatable bonds is 6. The van der Waals surface area contributed by atoms with Crippen molar-refractivity contribution in [3.63, 3.8) is 0 Å². The van der Waals surface area contributed by atoms with Crippen molar-refractivity contribution in [2.45, 2.75) is 26.7 Å². The lowest BCUT2D eigenvalue weighted by Crippen LogP contribution is -2.24. The Morgan fingerprint density at radius 2 is 1.81 bits per heavy atom. The van der Waals surface area contributed by atoms with E-state index in [0.717, 1.165) is 37.2 Å². The fourth-order valence-electron chi connectivity index (χ4n) is 3.16. The zero-order chi connectivity index (χ0) is 19.4. The number of anilines is 2. The van der Waals surface area contributed by atoms with E-state index in [2.05, 4.69) is 10.2 Å². The van der Waals surface area contributed by atoms with E-state index in [1.807, 2.05) is 38.1 Å². The van der Waals surface area contributed by atoms with Crippen LogP contribution in [-0.2, 0) is 4.79 Å². The van der Waals surface area contributed by atoms with E-state index in [-0.39, 0.29) is 12.5 Å². The van der Waals surface area contributed by atoms with Gasteiger partial charge in [-0.3, -0.25) is 9.59 Å². The molecule has 2 amide bonds. The van der Waals surface area contributed by atoms with Gasteiger partial charge in [0.2, 0.25) is 5.91 Å². The first-order valence-electron chi connectivity index (χ1n) is 9.13. The van der Waals surface area contributed by atoms with Crippen LogP contribution < -0.4 is 20.7 Å². The molecule has 0 spiro atoms. The highest BCUT2D eigenvalue weighted by Gasteiger charge is 2.18. The third-order valence-corrected chi connectivity index (χ3v) is 4.85. The normalized spacial score (nSPS) is 13.5. The summed E-state index contributed by atoms with van der Waals surface area (Å²) in [6.45, 7) is 5.77. The van der Waals surface area contributed by atoms with E-state index in [1.165, 1.54) is 5.56 Å². The molecule has 0 bridgehead atoms. The number of benzene rings is 2. The van der Waals surface area contributed by atoms with Crippen LogP contribution >= 0.6 is 0 Å². The molecule has 6 heteroatoms. The summed E-state index contributed by atoms with van der Waals surface area (Å²) >= 11 is 0. The van der Waals surface area contributed by atoms with Gasteiger partial charge in [0.1, 0.15) is 5.75 Å². The van der Waals surface area contributed by atoms with Crippen LogP contribution in [-0.4, -0.2) is 31.5 Å². The predicted octanol–water partition coefficient (Wildman–Crippen LogP) is 3.02. The molecule has 1 aliphatic heterocycles. The summed E-state index contributed by atoms with van der Waals surface area (Å²) in [5, 5.41) is 2.87. The smallest absolute Gasteiger partial charge is 0.262 e. The molecule has 0 atom stereocenters. The SMILES string of the molecule is Cc1ccc(OCC(=O)Nc2cc(C(N)=O)ccc2N2CCCC2)cc1C. The van der Waals surface area contributed by atoms with Gasteiger partial charge in [0, 0.05) is 18.7 Å². The van der Waals surface area contributed by atoms with Crippen molar-refractivity contribution < 1.29 is 14.3 Å². The molecule has 1 heterocycles. The van der Waals surface area contributed by atoms with Gasteiger partial charge in [0.25, 0.3) is 5.91 Å². The first-order chi connectivity index (χ1) is 12.9. The van der Waals surface area contributed by atoms with Gasteiger partial charge < -0.3 is 20.7 Å². The maximum Gasteiger partial charge on any atom is 0.262 e. The Morgan fingerprint density at radius 1 is 1.07 bits per heavy atom. The summed E-state index contributed by atoms with van der Waals surface area (Å²) in [6, 6.07) is 10.9. The lowest BCUT2D eigenvalue weighted by atomic mass is 10.1. The van der Waals surface area contributed by atoms with E-state index in [4.69, 9.17) is 10.5 Å². The summed E-state index contributed by atoms with van der Waals surface area (Å²) < 4.78 is 5.60. The first-order valence-corrected chi connectivity index (χ1v) is 9.13. The number of amides is 2. The quantitative estimate of drug-likeness (QED) is 0.822. The highest BCUT2D eigenvalue weighted by atomic mass is 16.5. The topological polar surface area (TPSA) is 84.7 Å². The average Bonchev–Trinajstić information content (AvgIpc) is 3.17. The second kappa shape index (κ2) is 8.12. The van der Waals surface area contributed by atoms with Crippen molar-refractivity contribution in [3.05, 3.63) is 53.1 Å². The van der Waals surface area contributed by atoms with Gasteiger partial charge in [-0.2, -0.15) is 0 Å². The third-order valence-electron chi connectivity index (χ3n) is 4.85. The Balaban J connectivity index is 1.72. The molecular weight excluding hydrogens is 342 g/mol. The van der Waals surface area contributed by atoms with E-state index in [1.54, 1.807) is 12.1 Å². The van der Waals surface area contributed by atoms with Crippen LogP contribution in [0.1, 0.15) is 34.3 Å². The van der Waals surface area contributed by atoms with Gasteiger partial charge in [-0.25, -0.2) is 0 Å². The molecule has 2 aromatic carbocycles. The molecule has 1 fully saturated rings. The summed E-state index contributed by atoms with van der Waals surface area (Å²) in [5.41, 5.74) is 9.52. The molecule has 1 aliphatic rings. The van der Waals surface area contributed by atoms with E-state index in [0.29, 0.717) is 17.0 Å². The zero-order valence-electron chi connectivity index (χ0n) is 15.7. The number of nitrogens with two attached hydrogens (primary N) is 1. The molecule has 142 valence electrons. The van der Waals surface area contributed by atoms with Gasteiger partial charge >= 0.3 is 0 Å². The Hall–Kier alpha value is -3.02. The molecule has 0 aromatic heterocycles. The molecule has 3 rings (SSSR count). The summed E-state index contributed by atoms with van der Waals surface area (Å²) in [5.74, 6) is -0.154. The van der Waals surface area contributed by atoms with Gasteiger partial charge in [0.15, 0.2) is 6.61 Å². The van der Waals surface area contributed by atoms with Crippen LogP contribution in [0.5, 0.6) is 5.75 Å². The third kappa shape index (κ3) is 4.58. The van der Waals surface area contributed by atoms with E-state index >= 15 is 0 Å². The number of hydrogen-bond donors (Lipinski definition) is 2. The van der Waals surface area contributed by atoms with Crippen molar-refractivity contribution in [1.82, 2.24) is 0 Å². The fourth-order valence-corrected chi connectivity index (χ4v) is 3.16. The number of primary amides is 1. The number of ether oxygens (including phenoxy) is 1. The van der Waals surface area contributed by atoms with Crippen molar-refractivity contribution in [3.8, 4) is 5.75 Å². The number of nitrogens with zero attached hydrogens (tertiary/aromatic N) is 1. The number of nitrogens with one attached hydrogen (secondary N) is 1. The molecule has 3 N–H and O–H groups in total. The van der Waals surface area contributed by atoms with Crippen molar-refractivity contribution >= 4 is 23.2 Å². The van der Waals surface area contributed by atoms with Crippen LogP contribution in [0.15, 0.2) is 36.4 Å². The second-order valence-electron chi connectivity index (χ2n) is 6.87. The summed E-state index contributed by atoms with van der Waals surface area (Å²) in [7, 11) is 0. The maximum atomic E-state index is 12.4. The molecule has 0 aliphatic carbocycles. The Labute approximate surface area is 159 Å². The van der Waals surface area contributed by atoms with Crippen LogP contribution in [0, 0.1) is 13.8 Å². The molecular formula is C21H25N3O3. The van der Waals surface area contributed by atoms with Gasteiger partial charge in [-0.05, 0) is 68.1 Å². The van der Waals surface area contributed by atoms with E-state index < -0.39 is 5.91 Å². The number of hydrogen-bond acceptors (Lipinski definition) is 4. The van der Waals surface area contributed by atoms with Crippen LogP contribution in [0.2, 0.25) is 0 Å². The highest BCUT2D eigenvalue weighted by Crippen LogP contribution is 2.30. The monoisotopic (exact) mass is 367 g/mol. The summed E-state index contributed by atoms with van der Waals surface area (Å²) in [6.07, 6.45) is 2.22. The molecule has 2 aromatic rings. The molecule has 0 saturated carbocycles. The van der Waals surface area contributed by atoms with E-state index in [9.17, 15) is 9.59 Å². The zero-order valence-corrected chi connectivity index (χ0v) is 15.7. The molecule has 27 heavy (non-hydrogen) atoms. The highest BCUT2D eigenvalue weighted by molar-refractivity contribution is 5.99. The van der Waals surface area contributed by atoms with Gasteiger partial charge in [-0.15, -0.1) is 0 Å². The molecule has 1 saturated heterocycles. The van der Waals surface area contributed by atoms with Gasteiger partial charge in [0.05, 0.1) is 11.4 Å². The molecule has 0 unspecified atom stereocenters. The largest absolute Gasteiger partial charge is 0.484 e. The predicted molar refractivity (Wildman–Crippen MR) is 106 cm³/mol. The number of carbonyl (C=O) groups is 2. The van der Waals surface area contributed by atoms with Crippen LogP contribution in [0.3, 0.4) is 0 Å². The minimum Gasteiger partial charge on any atom is -0.484 e. The van der Waals surface area contributed by atoms with Gasteiger partial charge in [-0.1, -0.05) is 6.07 Å². The lowest BCUT2D eigenvalue weighted by Gasteiger charge is -2.22. The second-order valence-corrected chi connectivity index (χ2v) is 6.87. The fraction of sp³-hybridized carbons (Fsp3) is 0.333. The Bertz CT molecular complexity index is 858. The Kier molecular flexibility index (Phi) is 5.64. The summed E-state index contributed by atoms with van der Waals surface area (Å²) in [4.78, 5) is 26.1. The molecule has 6 nitrogen and oxygen atoms in total. The number of aryl methyl sites for hydroxylation is 2. The Morgan fingerprint density at radius 3 is 2.48 bits per heavy atom. The minimum absolute atomic E-state index is 0.108. The number of carbonyl (C=O) groups excluding carboxylic acids is 2. The van der Waals surface area contributed by atoms with Crippen molar-refractivity contribution in [2.24, 2.45) is 5.73 Å². The average molecular weight is 367 g/mol. The lowest BCUT2D eigenvalue weighted by molar-refractivity contribution is -0.118. The maximum absolute atomic E-state index is 12.4. The van der Waals surface area contributed by atoms with Crippen LogP contribution in [0.4, 0.5) is 11.4 Å². The first kappa shape index (κ1) is 18.8. The van der Waals surface area contributed by atoms with Crippen LogP contribution in [0.25, 0.3) is 0 Å². The van der Waals surface area contributed by atoms with Crippen molar-refractivity contribution in [2.75, 3.05) is 29.9 Å². The van der Waals surface area contributed by atoms with Crippen molar-refractivity contribution in [1.29, 1.82) is 0 Å².